The molecule has 1 N–H and O–H groups in total. The van der Waals surface area contributed by atoms with Crippen molar-refractivity contribution in [1.82, 2.24) is 5.32 Å². The van der Waals surface area contributed by atoms with Gasteiger partial charge in [0.1, 0.15) is 6.04 Å². The number of ether oxygens (including phenoxy) is 1. The van der Waals surface area contributed by atoms with Crippen LogP contribution < -0.4 is 5.32 Å². The van der Waals surface area contributed by atoms with Gasteiger partial charge in [-0.1, -0.05) is 45.4 Å². The zero-order valence-electron chi connectivity index (χ0n) is 17.5. The second kappa shape index (κ2) is 12.0. The molecule has 4 nitrogen and oxygen atoms in total. The lowest BCUT2D eigenvalue weighted by Gasteiger charge is -2.18. The molecule has 31 heavy (non-hydrogen) atoms. The van der Waals surface area contributed by atoms with Crippen LogP contribution in [0.25, 0.3) is 0 Å². The minimum absolute atomic E-state index is 0.0875. The predicted molar refractivity (Wildman–Crippen MR) is 102 cm³/mol. The maximum atomic E-state index is 13.1. The van der Waals surface area contributed by atoms with Gasteiger partial charge in [0.15, 0.2) is 0 Å². The number of nitrogens with one attached hydrogen (secondary N) is 1. The highest BCUT2D eigenvalue weighted by molar-refractivity contribution is 5.98. The monoisotopic (exact) mass is 455 g/mol. The summed E-state index contributed by atoms with van der Waals surface area (Å²) < 4.78 is 82.9. The lowest BCUT2D eigenvalue weighted by molar-refractivity contribution is -0.145. The van der Waals surface area contributed by atoms with Gasteiger partial charge >= 0.3 is 18.3 Å². The normalized spacial score (nSPS) is 13.0. The molecule has 1 rings (SSSR count). The van der Waals surface area contributed by atoms with Crippen LogP contribution in [0.2, 0.25) is 0 Å². The third-order valence-electron chi connectivity index (χ3n) is 4.59. The molecular weight excluding hydrogens is 428 g/mol. The van der Waals surface area contributed by atoms with Gasteiger partial charge in [-0.2, -0.15) is 26.3 Å². The van der Waals surface area contributed by atoms with Crippen LogP contribution in [-0.4, -0.2) is 24.5 Å². The van der Waals surface area contributed by atoms with E-state index in [2.05, 4.69) is 6.92 Å². The van der Waals surface area contributed by atoms with Crippen LogP contribution in [-0.2, 0) is 21.9 Å². The van der Waals surface area contributed by atoms with E-state index in [1.54, 1.807) is 0 Å². The molecule has 0 saturated heterocycles. The highest BCUT2D eigenvalue weighted by atomic mass is 19.4. The van der Waals surface area contributed by atoms with Crippen LogP contribution in [0.15, 0.2) is 18.2 Å². The molecule has 1 aromatic carbocycles. The first-order valence-corrected chi connectivity index (χ1v) is 10.1. The maximum absolute atomic E-state index is 13.1. The summed E-state index contributed by atoms with van der Waals surface area (Å²) in [4.78, 5) is 24.2. The van der Waals surface area contributed by atoms with Crippen LogP contribution in [0, 0.1) is 0 Å². The fraction of sp³-hybridized carbons (Fsp3) is 0.619. The summed E-state index contributed by atoms with van der Waals surface area (Å²) in [7, 11) is 0. The molecule has 0 radical (unpaired) electrons. The molecule has 0 bridgehead atoms. The zero-order chi connectivity index (χ0) is 23.7. The average molecular weight is 455 g/mol. The Kier molecular flexibility index (Phi) is 10.3. The van der Waals surface area contributed by atoms with Crippen molar-refractivity contribution in [2.45, 2.75) is 77.2 Å². The number of amides is 1. The van der Waals surface area contributed by atoms with Crippen molar-refractivity contribution in [2.75, 3.05) is 6.61 Å². The third-order valence-corrected chi connectivity index (χ3v) is 4.59. The number of halogens is 6. The van der Waals surface area contributed by atoms with Crippen LogP contribution >= 0.6 is 0 Å². The number of hydrogen-bond acceptors (Lipinski definition) is 3. The van der Waals surface area contributed by atoms with Gasteiger partial charge in [0.05, 0.1) is 23.3 Å². The summed E-state index contributed by atoms with van der Waals surface area (Å²) in [6.07, 6.45) is -3.04. The molecule has 0 aromatic heterocycles. The summed E-state index contributed by atoms with van der Waals surface area (Å²) in [5.41, 5.74) is -4.14. The first-order valence-electron chi connectivity index (χ1n) is 10.1. The van der Waals surface area contributed by atoms with Gasteiger partial charge < -0.3 is 10.1 Å². The van der Waals surface area contributed by atoms with E-state index in [9.17, 15) is 35.9 Å². The molecule has 0 heterocycles. The number of benzene rings is 1. The summed E-state index contributed by atoms with van der Waals surface area (Å²) in [6.45, 7) is 3.38. The molecule has 1 unspecified atom stereocenters. The lowest BCUT2D eigenvalue weighted by Crippen LogP contribution is -2.40. The van der Waals surface area contributed by atoms with Gasteiger partial charge in [-0.3, -0.25) is 4.79 Å². The Morgan fingerprint density at radius 2 is 1.52 bits per heavy atom. The number of carbonyl (C=O) groups is 2. The Labute approximate surface area is 177 Å². The van der Waals surface area contributed by atoms with E-state index in [0.29, 0.717) is 6.42 Å². The van der Waals surface area contributed by atoms with E-state index in [1.165, 1.54) is 6.92 Å². The van der Waals surface area contributed by atoms with Gasteiger partial charge in [0, 0.05) is 0 Å². The maximum Gasteiger partial charge on any atom is 0.417 e. The molecule has 1 aromatic rings. The first-order chi connectivity index (χ1) is 14.4. The summed E-state index contributed by atoms with van der Waals surface area (Å²) >= 11 is 0. The molecule has 0 fully saturated rings. The number of esters is 1. The minimum Gasteiger partial charge on any atom is -0.464 e. The standard InChI is InChI=1S/C21H27F6NO3/c1-3-4-5-6-7-8-9-12-31-19(30)14(2)28-18(29)16-13-15(20(22,23)24)10-11-17(16)21(25,26)27/h10-11,13-14H,3-9,12H2,1-2H3,(H,28,29). The van der Waals surface area contributed by atoms with Crippen LogP contribution in [0.5, 0.6) is 0 Å². The van der Waals surface area contributed by atoms with E-state index in [1.807, 2.05) is 5.32 Å². The molecule has 10 heteroatoms. The molecular formula is C21H27F6NO3. The van der Waals surface area contributed by atoms with Gasteiger partial charge in [-0.05, 0) is 31.5 Å². The second-order valence-corrected chi connectivity index (χ2v) is 7.24. The Morgan fingerprint density at radius 3 is 2.06 bits per heavy atom. The third kappa shape index (κ3) is 9.18. The van der Waals surface area contributed by atoms with Crippen molar-refractivity contribution in [1.29, 1.82) is 0 Å². The fourth-order valence-electron chi connectivity index (χ4n) is 2.85. The molecule has 0 aliphatic heterocycles. The lowest BCUT2D eigenvalue weighted by atomic mass is 10.0. The Hall–Kier alpha value is -2.26. The Morgan fingerprint density at radius 1 is 0.935 bits per heavy atom. The highest BCUT2D eigenvalue weighted by Crippen LogP contribution is 2.36. The molecule has 1 amide bonds. The summed E-state index contributed by atoms with van der Waals surface area (Å²) in [5.74, 6) is -2.32. The largest absolute Gasteiger partial charge is 0.464 e. The van der Waals surface area contributed by atoms with Crippen molar-refractivity contribution in [2.24, 2.45) is 0 Å². The Balaban J connectivity index is 2.68. The van der Waals surface area contributed by atoms with E-state index < -0.39 is 47.0 Å². The van der Waals surface area contributed by atoms with Crippen molar-refractivity contribution >= 4 is 11.9 Å². The quantitative estimate of drug-likeness (QED) is 0.248. The zero-order valence-corrected chi connectivity index (χ0v) is 17.5. The van der Waals surface area contributed by atoms with Gasteiger partial charge in [-0.15, -0.1) is 0 Å². The van der Waals surface area contributed by atoms with Gasteiger partial charge in [0.2, 0.25) is 0 Å². The fourth-order valence-corrected chi connectivity index (χ4v) is 2.85. The summed E-state index contributed by atoms with van der Waals surface area (Å²) in [6, 6.07) is -0.761. The topological polar surface area (TPSA) is 55.4 Å². The number of hydrogen-bond donors (Lipinski definition) is 1. The molecule has 0 spiro atoms. The predicted octanol–water partition coefficient (Wildman–Crippen LogP) is 6.14. The van der Waals surface area contributed by atoms with E-state index in [-0.39, 0.29) is 24.8 Å². The number of rotatable bonds is 11. The van der Waals surface area contributed by atoms with Crippen LogP contribution in [0.4, 0.5) is 26.3 Å². The van der Waals surface area contributed by atoms with Crippen molar-refractivity contribution in [3.05, 3.63) is 34.9 Å². The van der Waals surface area contributed by atoms with Crippen molar-refractivity contribution in [3.63, 3.8) is 0 Å². The van der Waals surface area contributed by atoms with Crippen LogP contribution in [0.1, 0.15) is 80.3 Å². The van der Waals surface area contributed by atoms with E-state index in [4.69, 9.17) is 4.74 Å². The Bertz CT molecular complexity index is 731. The van der Waals surface area contributed by atoms with E-state index >= 15 is 0 Å². The number of carbonyl (C=O) groups excluding carboxylic acids is 2. The second-order valence-electron chi connectivity index (χ2n) is 7.24. The summed E-state index contributed by atoms with van der Waals surface area (Å²) in [5, 5.41) is 1.98. The van der Waals surface area contributed by atoms with Gasteiger partial charge in [0.25, 0.3) is 5.91 Å². The molecule has 1 atom stereocenters. The number of unbranched alkanes of at least 4 members (excludes halogenated alkanes) is 6. The van der Waals surface area contributed by atoms with E-state index in [0.717, 1.165) is 38.5 Å². The number of alkyl halides is 6. The SMILES string of the molecule is CCCCCCCCCOC(=O)C(C)NC(=O)c1cc(C(F)(F)F)ccc1C(F)(F)F. The molecule has 0 saturated carbocycles. The molecule has 0 aliphatic rings. The smallest absolute Gasteiger partial charge is 0.417 e. The van der Waals surface area contributed by atoms with Gasteiger partial charge in [-0.25, -0.2) is 4.79 Å². The molecule has 0 aliphatic carbocycles. The highest BCUT2D eigenvalue weighted by Gasteiger charge is 2.39. The first kappa shape index (κ1) is 26.8. The average Bonchev–Trinajstić information content (AvgIpc) is 2.67. The molecule has 176 valence electrons. The van der Waals surface area contributed by atoms with Crippen molar-refractivity contribution < 1.29 is 40.7 Å². The minimum atomic E-state index is -5.04. The van der Waals surface area contributed by atoms with Crippen molar-refractivity contribution in [3.8, 4) is 0 Å². The van der Waals surface area contributed by atoms with Crippen LogP contribution in [0.3, 0.4) is 0 Å².